The van der Waals surface area contributed by atoms with Gasteiger partial charge in [-0.25, -0.2) is 0 Å². The molecule has 0 bridgehead atoms. The molecule has 3 nitrogen and oxygen atoms in total. The van der Waals surface area contributed by atoms with Crippen LogP contribution in [-0.2, 0) is 6.54 Å². The third-order valence-electron chi connectivity index (χ3n) is 2.98. The summed E-state index contributed by atoms with van der Waals surface area (Å²) in [7, 11) is 1.67. The minimum atomic E-state index is -0.0258. The highest BCUT2D eigenvalue weighted by Crippen LogP contribution is 2.17. The van der Waals surface area contributed by atoms with Gasteiger partial charge in [-0.05, 0) is 36.3 Å². The van der Waals surface area contributed by atoms with Crippen molar-refractivity contribution in [1.29, 1.82) is 0 Å². The van der Waals surface area contributed by atoms with E-state index in [1.165, 1.54) is 11.1 Å². The van der Waals surface area contributed by atoms with Crippen molar-refractivity contribution in [1.82, 2.24) is 4.90 Å². The van der Waals surface area contributed by atoms with Crippen molar-refractivity contribution in [3.63, 3.8) is 0 Å². The van der Waals surface area contributed by atoms with E-state index in [0.717, 1.165) is 12.3 Å². The number of allylic oxidation sites excluding steroid dienone is 2. The topological polar surface area (TPSA) is 38.5 Å². The van der Waals surface area contributed by atoms with Gasteiger partial charge in [0.25, 0.3) is 0 Å². The maximum Gasteiger partial charge on any atom is 0.118 e. The van der Waals surface area contributed by atoms with E-state index in [-0.39, 0.29) is 6.17 Å². The second-order valence-electron chi connectivity index (χ2n) is 4.22. The highest BCUT2D eigenvalue weighted by atomic mass is 16.5. The minimum Gasteiger partial charge on any atom is -0.497 e. The smallest absolute Gasteiger partial charge is 0.118 e. The monoisotopic (exact) mass is 230 g/mol. The van der Waals surface area contributed by atoms with Gasteiger partial charge < -0.3 is 15.4 Å². The van der Waals surface area contributed by atoms with E-state index in [9.17, 15) is 0 Å². The maximum atomic E-state index is 6.11. The molecule has 2 N–H and O–H groups in total. The lowest BCUT2D eigenvalue weighted by Crippen LogP contribution is -2.40. The maximum absolute atomic E-state index is 6.11. The number of methoxy groups -OCH3 is 1. The summed E-state index contributed by atoms with van der Waals surface area (Å²) < 4.78 is 5.14. The van der Waals surface area contributed by atoms with Gasteiger partial charge in [0.1, 0.15) is 5.75 Å². The molecule has 1 atom stereocenters. The Morgan fingerprint density at radius 1 is 1.29 bits per heavy atom. The highest BCUT2D eigenvalue weighted by molar-refractivity contribution is 5.28. The number of nitrogens with zero attached hydrogens (tertiary/aromatic N) is 1. The van der Waals surface area contributed by atoms with Crippen molar-refractivity contribution >= 4 is 0 Å². The summed E-state index contributed by atoms with van der Waals surface area (Å²) in [5, 5.41) is 0. The van der Waals surface area contributed by atoms with Gasteiger partial charge in [0.05, 0.1) is 13.3 Å². The number of hydrogen-bond donors (Lipinski definition) is 1. The molecule has 0 spiro atoms. The molecule has 0 fully saturated rings. The molecule has 17 heavy (non-hydrogen) atoms. The Morgan fingerprint density at radius 3 is 2.65 bits per heavy atom. The van der Waals surface area contributed by atoms with Crippen LogP contribution in [-0.4, -0.2) is 18.2 Å². The molecule has 0 radical (unpaired) electrons. The lowest BCUT2D eigenvalue weighted by Gasteiger charge is -2.30. The van der Waals surface area contributed by atoms with Crippen LogP contribution in [0, 0.1) is 0 Å². The Bertz CT molecular complexity index is 434. The summed E-state index contributed by atoms with van der Waals surface area (Å²) >= 11 is 0. The molecule has 1 aromatic rings. The third kappa shape index (κ3) is 2.68. The van der Waals surface area contributed by atoms with E-state index in [4.69, 9.17) is 10.5 Å². The molecular formula is C14H18N2O. The molecule has 0 saturated carbocycles. The average molecular weight is 230 g/mol. The zero-order valence-electron chi connectivity index (χ0n) is 10.3. The van der Waals surface area contributed by atoms with Crippen LogP contribution in [0.4, 0.5) is 0 Å². The predicted octanol–water partition coefficient (Wildman–Crippen LogP) is 2.26. The number of ether oxygens (including phenoxy) is 1. The fourth-order valence-corrected chi connectivity index (χ4v) is 1.85. The first kappa shape index (κ1) is 11.7. The van der Waals surface area contributed by atoms with Gasteiger partial charge in [-0.1, -0.05) is 18.2 Å². The van der Waals surface area contributed by atoms with E-state index in [2.05, 4.69) is 30.0 Å². The van der Waals surface area contributed by atoms with Gasteiger partial charge in [-0.15, -0.1) is 0 Å². The SMILES string of the molecule is COc1ccc(CN2C=CC=C(C)C2N)cc1. The molecule has 1 aliphatic heterocycles. The molecule has 0 aromatic heterocycles. The molecule has 0 aliphatic carbocycles. The Labute approximate surface area is 102 Å². The van der Waals surface area contributed by atoms with Crippen molar-refractivity contribution in [2.24, 2.45) is 5.73 Å². The average Bonchev–Trinajstić information content (AvgIpc) is 2.36. The van der Waals surface area contributed by atoms with Gasteiger partial charge >= 0.3 is 0 Å². The molecule has 1 unspecified atom stereocenters. The molecule has 0 saturated heterocycles. The zero-order valence-corrected chi connectivity index (χ0v) is 10.3. The fraction of sp³-hybridized carbons (Fsp3) is 0.286. The lowest BCUT2D eigenvalue weighted by atomic mass is 10.1. The van der Waals surface area contributed by atoms with Crippen molar-refractivity contribution in [3.05, 3.63) is 53.8 Å². The number of benzene rings is 1. The van der Waals surface area contributed by atoms with Crippen molar-refractivity contribution in [2.75, 3.05) is 7.11 Å². The Morgan fingerprint density at radius 2 is 2.00 bits per heavy atom. The van der Waals surface area contributed by atoms with E-state index in [0.29, 0.717) is 0 Å². The van der Waals surface area contributed by atoms with Gasteiger partial charge in [-0.2, -0.15) is 0 Å². The molecule has 1 heterocycles. The number of nitrogens with two attached hydrogens (primary N) is 1. The van der Waals surface area contributed by atoms with Crippen LogP contribution in [0.2, 0.25) is 0 Å². The largest absolute Gasteiger partial charge is 0.497 e. The van der Waals surface area contributed by atoms with Crippen molar-refractivity contribution < 1.29 is 4.74 Å². The summed E-state index contributed by atoms with van der Waals surface area (Å²) in [6.45, 7) is 2.86. The lowest BCUT2D eigenvalue weighted by molar-refractivity contribution is 0.301. The van der Waals surface area contributed by atoms with Gasteiger partial charge in [0, 0.05) is 12.7 Å². The molecule has 0 amide bonds. The molecule has 90 valence electrons. The Balaban J connectivity index is 2.06. The summed E-state index contributed by atoms with van der Waals surface area (Å²) in [5.41, 5.74) is 8.51. The standard InChI is InChI=1S/C14H18N2O/c1-11-4-3-9-16(14(11)15)10-12-5-7-13(17-2)8-6-12/h3-9,14H,10,15H2,1-2H3. The van der Waals surface area contributed by atoms with E-state index < -0.39 is 0 Å². The molecule has 1 aliphatic rings. The number of hydrogen-bond acceptors (Lipinski definition) is 3. The van der Waals surface area contributed by atoms with Crippen LogP contribution in [0.25, 0.3) is 0 Å². The first-order chi connectivity index (χ1) is 8.20. The second kappa shape index (κ2) is 5.06. The van der Waals surface area contributed by atoms with Crippen LogP contribution in [0.1, 0.15) is 12.5 Å². The van der Waals surface area contributed by atoms with E-state index in [1.807, 2.05) is 24.4 Å². The third-order valence-corrected chi connectivity index (χ3v) is 2.98. The van der Waals surface area contributed by atoms with Crippen molar-refractivity contribution in [3.8, 4) is 5.75 Å². The normalized spacial score (nSPS) is 19.1. The van der Waals surface area contributed by atoms with Gasteiger partial charge in [-0.3, -0.25) is 0 Å². The zero-order chi connectivity index (χ0) is 12.3. The van der Waals surface area contributed by atoms with Crippen LogP contribution in [0.15, 0.2) is 48.2 Å². The molecular weight excluding hydrogens is 212 g/mol. The van der Waals surface area contributed by atoms with Gasteiger partial charge in [0.2, 0.25) is 0 Å². The molecule has 3 heteroatoms. The van der Waals surface area contributed by atoms with Gasteiger partial charge in [0.15, 0.2) is 0 Å². The molecule has 2 rings (SSSR count). The summed E-state index contributed by atoms with van der Waals surface area (Å²) in [4.78, 5) is 2.12. The number of rotatable bonds is 3. The first-order valence-corrected chi connectivity index (χ1v) is 5.70. The van der Waals surface area contributed by atoms with Crippen LogP contribution < -0.4 is 10.5 Å². The van der Waals surface area contributed by atoms with Crippen LogP contribution in [0.5, 0.6) is 5.75 Å². The van der Waals surface area contributed by atoms with Crippen LogP contribution >= 0.6 is 0 Å². The Kier molecular flexibility index (Phi) is 3.49. The van der Waals surface area contributed by atoms with E-state index >= 15 is 0 Å². The van der Waals surface area contributed by atoms with Crippen LogP contribution in [0.3, 0.4) is 0 Å². The summed E-state index contributed by atoms with van der Waals surface area (Å²) in [6, 6.07) is 8.06. The molecule has 1 aromatic carbocycles. The minimum absolute atomic E-state index is 0.0258. The second-order valence-corrected chi connectivity index (χ2v) is 4.22. The predicted molar refractivity (Wildman–Crippen MR) is 69.4 cm³/mol. The van der Waals surface area contributed by atoms with E-state index in [1.54, 1.807) is 7.11 Å². The summed E-state index contributed by atoms with van der Waals surface area (Å²) in [6.07, 6.45) is 6.08. The van der Waals surface area contributed by atoms with Crippen molar-refractivity contribution in [2.45, 2.75) is 19.6 Å². The Hall–Kier alpha value is -1.74. The fourth-order valence-electron chi connectivity index (χ4n) is 1.85. The highest BCUT2D eigenvalue weighted by Gasteiger charge is 2.14. The first-order valence-electron chi connectivity index (χ1n) is 5.70. The quantitative estimate of drug-likeness (QED) is 0.865. The summed E-state index contributed by atoms with van der Waals surface area (Å²) in [5.74, 6) is 0.878.